The van der Waals surface area contributed by atoms with Crippen molar-refractivity contribution in [3.63, 3.8) is 0 Å². The molecule has 1 aromatic carbocycles. The molecule has 25 heavy (non-hydrogen) atoms. The highest BCUT2D eigenvalue weighted by Crippen LogP contribution is 2.22. The Kier molecular flexibility index (Phi) is 5.15. The summed E-state index contributed by atoms with van der Waals surface area (Å²) in [7, 11) is 0. The summed E-state index contributed by atoms with van der Waals surface area (Å²) in [5, 5.41) is 14.8. The molecular weight excluding hydrogens is 339 g/mol. The number of halogens is 3. The van der Waals surface area contributed by atoms with Crippen LogP contribution in [0.2, 0.25) is 0 Å². The highest BCUT2D eigenvalue weighted by Gasteiger charge is 2.36. The molecule has 0 fully saturated rings. The Labute approximate surface area is 141 Å². The van der Waals surface area contributed by atoms with E-state index in [9.17, 15) is 22.8 Å². The molecule has 0 bridgehead atoms. The number of nitrogens with one attached hydrogen (secondary N) is 1. The summed E-state index contributed by atoms with van der Waals surface area (Å²) < 4.78 is 38.7. The third-order valence-corrected chi connectivity index (χ3v) is 3.44. The first-order valence-corrected chi connectivity index (χ1v) is 7.31. The van der Waals surface area contributed by atoms with E-state index in [0.29, 0.717) is 11.4 Å². The van der Waals surface area contributed by atoms with E-state index in [-0.39, 0.29) is 5.69 Å². The van der Waals surface area contributed by atoms with Crippen LogP contribution in [-0.4, -0.2) is 39.0 Å². The minimum atomic E-state index is -4.71. The summed E-state index contributed by atoms with van der Waals surface area (Å²) in [6.07, 6.45) is -6.38. The molecule has 0 saturated carbocycles. The molecule has 0 radical (unpaired) electrons. The molecule has 0 spiro atoms. The van der Waals surface area contributed by atoms with Crippen LogP contribution in [-0.2, 0) is 4.79 Å². The second-order valence-corrected chi connectivity index (χ2v) is 5.60. The summed E-state index contributed by atoms with van der Waals surface area (Å²) in [6, 6.07) is 6.56. The molecule has 1 amide bonds. The monoisotopic (exact) mass is 355 g/mol. The summed E-state index contributed by atoms with van der Waals surface area (Å²) >= 11 is 0. The van der Waals surface area contributed by atoms with Crippen LogP contribution in [0, 0.1) is 13.8 Å². The number of alkyl halides is 3. The van der Waals surface area contributed by atoms with Crippen molar-refractivity contribution in [2.24, 2.45) is 0 Å². The predicted octanol–water partition coefficient (Wildman–Crippen LogP) is 2.62. The van der Waals surface area contributed by atoms with Gasteiger partial charge in [0.15, 0.2) is 5.69 Å². The fourth-order valence-corrected chi connectivity index (χ4v) is 2.20. The summed E-state index contributed by atoms with van der Waals surface area (Å²) in [4.78, 5) is 23.0. The van der Waals surface area contributed by atoms with Gasteiger partial charge in [-0.25, -0.2) is 9.48 Å². The van der Waals surface area contributed by atoms with Crippen LogP contribution in [0.1, 0.15) is 28.2 Å². The Hall–Kier alpha value is -2.84. The van der Waals surface area contributed by atoms with Crippen molar-refractivity contribution in [3.05, 3.63) is 47.3 Å². The number of aryl methyl sites for hydroxylation is 2. The van der Waals surface area contributed by atoms with Crippen molar-refractivity contribution in [1.82, 2.24) is 15.1 Å². The molecule has 2 N–H and O–H groups in total. The molecule has 1 unspecified atom stereocenters. The minimum Gasteiger partial charge on any atom is -0.480 e. The molecule has 1 aromatic heterocycles. The number of rotatable bonds is 5. The number of nitrogens with zero attached hydrogens (tertiary/aromatic N) is 2. The van der Waals surface area contributed by atoms with Gasteiger partial charge in [-0.1, -0.05) is 17.7 Å². The van der Waals surface area contributed by atoms with Crippen LogP contribution < -0.4 is 5.32 Å². The number of hydrogen-bond acceptors (Lipinski definition) is 3. The van der Waals surface area contributed by atoms with Crippen LogP contribution in [0.15, 0.2) is 30.3 Å². The minimum absolute atomic E-state index is 0.161. The summed E-state index contributed by atoms with van der Waals surface area (Å²) in [6.45, 7) is 3.58. The molecule has 134 valence electrons. The highest BCUT2D eigenvalue weighted by molar-refractivity contribution is 5.95. The number of carbonyl (C=O) groups excluding carboxylic acids is 1. The zero-order chi connectivity index (χ0) is 18.8. The Morgan fingerprint density at radius 1 is 1.24 bits per heavy atom. The maximum absolute atomic E-state index is 12.4. The van der Waals surface area contributed by atoms with Crippen molar-refractivity contribution in [1.29, 1.82) is 0 Å². The molecule has 9 heteroatoms. The van der Waals surface area contributed by atoms with E-state index < -0.39 is 30.5 Å². The predicted molar refractivity (Wildman–Crippen MR) is 82.6 cm³/mol. The highest BCUT2D eigenvalue weighted by atomic mass is 19.4. The maximum Gasteiger partial charge on any atom is 0.391 e. The number of hydrogen-bond donors (Lipinski definition) is 2. The number of amides is 1. The lowest BCUT2D eigenvalue weighted by Crippen LogP contribution is -2.43. The zero-order valence-corrected chi connectivity index (χ0v) is 13.5. The van der Waals surface area contributed by atoms with Crippen molar-refractivity contribution in [2.45, 2.75) is 32.5 Å². The van der Waals surface area contributed by atoms with E-state index in [1.165, 1.54) is 10.7 Å². The van der Waals surface area contributed by atoms with Crippen molar-refractivity contribution < 1.29 is 27.9 Å². The summed E-state index contributed by atoms with van der Waals surface area (Å²) in [5.41, 5.74) is 2.12. The average Bonchev–Trinajstić information content (AvgIpc) is 2.88. The molecule has 2 rings (SSSR count). The Bertz CT molecular complexity index is 782. The maximum atomic E-state index is 12.4. The van der Waals surface area contributed by atoms with Crippen LogP contribution in [0.4, 0.5) is 13.2 Å². The smallest absolute Gasteiger partial charge is 0.391 e. The first kappa shape index (κ1) is 18.5. The van der Waals surface area contributed by atoms with E-state index in [0.717, 1.165) is 5.56 Å². The van der Waals surface area contributed by atoms with Gasteiger partial charge >= 0.3 is 12.1 Å². The van der Waals surface area contributed by atoms with Crippen molar-refractivity contribution in [3.8, 4) is 5.69 Å². The lowest BCUT2D eigenvalue weighted by molar-refractivity contribution is -0.157. The van der Waals surface area contributed by atoms with Crippen LogP contribution in [0.3, 0.4) is 0 Å². The summed E-state index contributed by atoms with van der Waals surface area (Å²) in [5.74, 6) is -2.74. The van der Waals surface area contributed by atoms with Gasteiger partial charge in [-0.15, -0.1) is 0 Å². The van der Waals surface area contributed by atoms with Crippen LogP contribution in [0.5, 0.6) is 0 Å². The van der Waals surface area contributed by atoms with Gasteiger partial charge in [-0.2, -0.15) is 18.3 Å². The molecule has 0 aliphatic carbocycles. The van der Waals surface area contributed by atoms with E-state index in [1.54, 1.807) is 19.1 Å². The fourth-order valence-electron chi connectivity index (χ4n) is 2.20. The lowest BCUT2D eigenvalue weighted by Gasteiger charge is -2.15. The number of aliphatic carboxylic acids is 1. The largest absolute Gasteiger partial charge is 0.480 e. The number of aromatic nitrogens is 2. The van der Waals surface area contributed by atoms with Gasteiger partial charge in [0, 0.05) is 5.69 Å². The quantitative estimate of drug-likeness (QED) is 0.864. The van der Waals surface area contributed by atoms with Gasteiger partial charge < -0.3 is 10.4 Å². The van der Waals surface area contributed by atoms with Gasteiger partial charge in [-0.3, -0.25) is 4.79 Å². The first-order chi connectivity index (χ1) is 11.6. The molecule has 0 aliphatic heterocycles. The second-order valence-electron chi connectivity index (χ2n) is 5.60. The normalized spacial score (nSPS) is 12.7. The Balaban J connectivity index is 2.21. The van der Waals surface area contributed by atoms with Crippen LogP contribution >= 0.6 is 0 Å². The molecule has 1 atom stereocenters. The SMILES string of the molecule is Cc1ccc(-n2nc(C(=O)NC(CC(F)(F)F)C(=O)O)cc2C)cc1. The van der Waals surface area contributed by atoms with Gasteiger partial charge in [0.1, 0.15) is 6.04 Å². The van der Waals surface area contributed by atoms with Crippen molar-refractivity contribution in [2.75, 3.05) is 0 Å². The van der Waals surface area contributed by atoms with E-state index >= 15 is 0 Å². The third kappa shape index (κ3) is 4.82. The van der Waals surface area contributed by atoms with Gasteiger partial charge in [0.05, 0.1) is 12.1 Å². The average molecular weight is 355 g/mol. The zero-order valence-electron chi connectivity index (χ0n) is 13.5. The lowest BCUT2D eigenvalue weighted by atomic mass is 10.2. The van der Waals surface area contributed by atoms with Gasteiger partial charge in [0.2, 0.25) is 0 Å². The molecule has 6 nitrogen and oxygen atoms in total. The van der Waals surface area contributed by atoms with Crippen LogP contribution in [0.25, 0.3) is 5.69 Å². The Morgan fingerprint density at radius 3 is 2.36 bits per heavy atom. The topological polar surface area (TPSA) is 84.2 Å². The number of carboxylic acids is 1. The third-order valence-electron chi connectivity index (χ3n) is 3.44. The molecule has 0 saturated heterocycles. The molecule has 1 heterocycles. The van der Waals surface area contributed by atoms with Gasteiger partial charge in [-0.05, 0) is 32.0 Å². The second kappa shape index (κ2) is 6.96. The molecular formula is C16H16F3N3O3. The van der Waals surface area contributed by atoms with E-state index in [4.69, 9.17) is 5.11 Å². The van der Waals surface area contributed by atoms with E-state index in [1.807, 2.05) is 24.4 Å². The number of carboxylic acid groups (broad SMARTS) is 1. The van der Waals surface area contributed by atoms with Crippen molar-refractivity contribution >= 4 is 11.9 Å². The standard InChI is InChI=1S/C16H16F3N3O3/c1-9-3-5-11(6-4-9)22-10(2)7-12(21-22)14(23)20-13(15(24)25)8-16(17,18)19/h3-7,13H,8H2,1-2H3,(H,20,23)(H,24,25). The van der Waals surface area contributed by atoms with E-state index in [2.05, 4.69) is 5.10 Å². The number of benzene rings is 1. The molecule has 2 aromatic rings. The number of carbonyl (C=O) groups is 2. The first-order valence-electron chi connectivity index (χ1n) is 7.31. The Morgan fingerprint density at radius 2 is 1.84 bits per heavy atom. The molecule has 0 aliphatic rings. The van der Waals surface area contributed by atoms with Gasteiger partial charge in [0.25, 0.3) is 5.91 Å². The fraction of sp³-hybridized carbons (Fsp3) is 0.312.